The van der Waals surface area contributed by atoms with Gasteiger partial charge in [0.2, 0.25) is 0 Å². The Labute approximate surface area is 144 Å². The molecule has 3 aromatic rings. The van der Waals surface area contributed by atoms with E-state index in [1.54, 1.807) is 36.7 Å². The highest BCUT2D eigenvalue weighted by Gasteiger charge is 2.10. The summed E-state index contributed by atoms with van der Waals surface area (Å²) in [6.45, 7) is 1.43. The summed E-state index contributed by atoms with van der Waals surface area (Å²) in [4.78, 5) is 20.2. The van der Waals surface area contributed by atoms with E-state index in [0.717, 1.165) is 0 Å². The van der Waals surface area contributed by atoms with Crippen molar-refractivity contribution in [3.8, 4) is 17.5 Å². The maximum absolute atomic E-state index is 11.9. The molecule has 8 nitrogen and oxygen atoms in total. The van der Waals surface area contributed by atoms with Gasteiger partial charge in [0.15, 0.2) is 0 Å². The summed E-state index contributed by atoms with van der Waals surface area (Å²) < 4.78 is 0. The van der Waals surface area contributed by atoms with Crippen molar-refractivity contribution < 1.29 is 4.79 Å². The quantitative estimate of drug-likeness (QED) is 0.560. The lowest BCUT2D eigenvalue weighted by molar-refractivity contribution is 0.0950. The van der Waals surface area contributed by atoms with Crippen molar-refractivity contribution in [1.82, 2.24) is 25.6 Å². The molecule has 0 saturated carbocycles. The predicted octanol–water partition coefficient (Wildman–Crippen LogP) is 2.16. The average molecular weight is 333 g/mol. The van der Waals surface area contributed by atoms with E-state index < -0.39 is 0 Å². The molecule has 0 saturated heterocycles. The van der Waals surface area contributed by atoms with E-state index in [4.69, 9.17) is 5.26 Å². The zero-order valence-electron chi connectivity index (χ0n) is 13.4. The van der Waals surface area contributed by atoms with E-state index in [-0.39, 0.29) is 5.91 Å². The first kappa shape index (κ1) is 17.5. The number of carbonyl (C=O) groups is 1. The zero-order chi connectivity index (χ0) is 17.9. The van der Waals surface area contributed by atoms with E-state index in [1.807, 2.05) is 24.3 Å². The molecule has 1 amide bonds. The van der Waals surface area contributed by atoms with E-state index in [2.05, 4.69) is 30.7 Å². The topological polar surface area (TPSA) is 120 Å². The molecule has 0 unspecified atom stereocenters. The van der Waals surface area contributed by atoms with Crippen LogP contribution in [0.15, 0.2) is 60.0 Å². The Morgan fingerprint density at radius 2 is 1.92 bits per heavy atom. The molecule has 0 aromatic carbocycles. The molecule has 124 valence electrons. The molecule has 0 atom stereocenters. The van der Waals surface area contributed by atoms with Crippen molar-refractivity contribution in [3.05, 3.63) is 66.2 Å². The van der Waals surface area contributed by atoms with Crippen molar-refractivity contribution in [2.75, 3.05) is 0 Å². The number of carbonyl (C=O) groups excluding carboxylic acids is 1. The Bertz CT molecular complexity index is 867. The Hall–Kier alpha value is -3.86. The van der Waals surface area contributed by atoms with Gasteiger partial charge in [-0.15, -0.1) is 0 Å². The molecule has 3 aromatic heterocycles. The Kier molecular flexibility index (Phi) is 6.52. The highest BCUT2D eigenvalue weighted by molar-refractivity contribution is 5.93. The highest BCUT2D eigenvalue weighted by atomic mass is 16.2. The lowest BCUT2D eigenvalue weighted by Gasteiger charge is -1.95. The number of nitriles is 1. The fourth-order valence-electron chi connectivity index (χ4n) is 1.75. The molecular formula is C17H15N7O. The third-order valence-corrected chi connectivity index (χ3v) is 2.80. The average Bonchev–Trinajstić information content (AvgIpc) is 3.14. The number of hydrogen-bond donors (Lipinski definition) is 2. The molecule has 0 aliphatic rings. The number of pyridine rings is 2. The number of nitrogens with one attached hydrogen (secondary N) is 2. The van der Waals surface area contributed by atoms with Gasteiger partial charge in [0, 0.05) is 19.3 Å². The lowest BCUT2D eigenvalue weighted by Crippen LogP contribution is -2.18. The third-order valence-electron chi connectivity index (χ3n) is 2.80. The number of rotatable bonds is 4. The van der Waals surface area contributed by atoms with Crippen LogP contribution >= 0.6 is 0 Å². The molecule has 25 heavy (non-hydrogen) atoms. The normalized spacial score (nSPS) is 9.76. The van der Waals surface area contributed by atoms with Crippen molar-refractivity contribution in [2.45, 2.75) is 6.92 Å². The van der Waals surface area contributed by atoms with Crippen LogP contribution in [0.1, 0.15) is 23.1 Å². The number of aromatic nitrogens is 4. The number of hydrazone groups is 1. The standard InChI is InChI=1S/C15H12N6O.C2H3N/c22-15(21-18-10-11-5-1-3-7-16-11)14-9-13(19-20-14)12-6-2-4-8-17-12;1-2-3/h1-10H,(H,19,20)(H,21,22);1H3/b18-10+;. The van der Waals surface area contributed by atoms with Crippen LogP contribution in [-0.2, 0) is 0 Å². The van der Waals surface area contributed by atoms with E-state index >= 15 is 0 Å². The summed E-state index contributed by atoms with van der Waals surface area (Å²) >= 11 is 0. The maximum atomic E-state index is 11.9. The molecule has 2 N–H and O–H groups in total. The molecule has 3 heterocycles. The molecule has 0 aliphatic carbocycles. The monoisotopic (exact) mass is 333 g/mol. The minimum absolute atomic E-state index is 0.304. The van der Waals surface area contributed by atoms with Crippen LogP contribution in [0.5, 0.6) is 0 Å². The molecule has 0 radical (unpaired) electrons. The van der Waals surface area contributed by atoms with Crippen molar-refractivity contribution in [2.24, 2.45) is 5.10 Å². The molecule has 0 bridgehead atoms. The summed E-state index contributed by atoms with van der Waals surface area (Å²) in [6, 6.07) is 14.3. The minimum Gasteiger partial charge on any atom is -0.272 e. The van der Waals surface area contributed by atoms with E-state index in [1.165, 1.54) is 13.1 Å². The highest BCUT2D eigenvalue weighted by Crippen LogP contribution is 2.13. The molecule has 0 aliphatic heterocycles. The summed E-state index contributed by atoms with van der Waals surface area (Å²) in [7, 11) is 0. The van der Waals surface area contributed by atoms with Crippen LogP contribution in [0, 0.1) is 11.3 Å². The summed E-state index contributed by atoms with van der Waals surface area (Å²) in [5, 5.41) is 17.9. The van der Waals surface area contributed by atoms with Gasteiger partial charge in [-0.25, -0.2) is 5.43 Å². The third kappa shape index (κ3) is 5.37. The Balaban J connectivity index is 0.000000701. The first-order valence-corrected chi connectivity index (χ1v) is 7.26. The largest absolute Gasteiger partial charge is 0.289 e. The van der Waals surface area contributed by atoms with Gasteiger partial charge in [-0.1, -0.05) is 12.1 Å². The maximum Gasteiger partial charge on any atom is 0.289 e. The second-order valence-electron chi connectivity index (χ2n) is 4.56. The van der Waals surface area contributed by atoms with Crippen LogP contribution in [0.4, 0.5) is 0 Å². The van der Waals surface area contributed by atoms with Gasteiger partial charge in [0.25, 0.3) is 5.91 Å². The van der Waals surface area contributed by atoms with Gasteiger partial charge in [0.05, 0.1) is 23.7 Å². The van der Waals surface area contributed by atoms with Crippen molar-refractivity contribution in [3.63, 3.8) is 0 Å². The Morgan fingerprint density at radius 3 is 2.56 bits per heavy atom. The van der Waals surface area contributed by atoms with Gasteiger partial charge in [-0.3, -0.25) is 19.9 Å². The van der Waals surface area contributed by atoms with E-state index in [9.17, 15) is 4.79 Å². The molecule has 8 heteroatoms. The van der Waals surface area contributed by atoms with Crippen LogP contribution < -0.4 is 5.43 Å². The first-order valence-electron chi connectivity index (χ1n) is 7.26. The fraction of sp³-hybridized carbons (Fsp3) is 0.0588. The molecule has 0 spiro atoms. The van der Waals surface area contributed by atoms with Gasteiger partial charge in [-0.05, 0) is 30.3 Å². The second-order valence-corrected chi connectivity index (χ2v) is 4.56. The smallest absolute Gasteiger partial charge is 0.272 e. The summed E-state index contributed by atoms with van der Waals surface area (Å²) in [5.74, 6) is -0.387. The number of nitrogens with zero attached hydrogens (tertiary/aromatic N) is 5. The second kappa shape index (κ2) is 9.32. The zero-order valence-corrected chi connectivity index (χ0v) is 13.4. The Morgan fingerprint density at radius 1 is 1.20 bits per heavy atom. The van der Waals surface area contributed by atoms with Crippen molar-refractivity contribution >= 4 is 12.1 Å². The summed E-state index contributed by atoms with van der Waals surface area (Å²) in [5.41, 5.74) is 4.66. The number of aromatic amines is 1. The van der Waals surface area contributed by atoms with Crippen LogP contribution in [-0.4, -0.2) is 32.3 Å². The predicted molar refractivity (Wildman–Crippen MR) is 92.4 cm³/mol. The molecular weight excluding hydrogens is 318 g/mol. The van der Waals surface area contributed by atoms with Gasteiger partial charge in [0.1, 0.15) is 11.4 Å². The van der Waals surface area contributed by atoms with Crippen LogP contribution in [0.25, 0.3) is 11.4 Å². The van der Waals surface area contributed by atoms with Crippen LogP contribution in [0.2, 0.25) is 0 Å². The fourth-order valence-corrected chi connectivity index (χ4v) is 1.75. The number of H-pyrrole nitrogens is 1. The van der Waals surface area contributed by atoms with Gasteiger partial charge in [-0.2, -0.15) is 15.5 Å². The molecule has 0 fully saturated rings. The lowest BCUT2D eigenvalue weighted by atomic mass is 10.2. The minimum atomic E-state index is -0.387. The van der Waals surface area contributed by atoms with Gasteiger partial charge < -0.3 is 0 Å². The summed E-state index contributed by atoms with van der Waals surface area (Å²) in [6.07, 6.45) is 4.78. The SMILES string of the molecule is CC#N.O=C(N/N=C/c1ccccn1)c1cc(-c2ccccn2)n[nH]1. The van der Waals surface area contributed by atoms with Crippen LogP contribution in [0.3, 0.4) is 0 Å². The van der Waals surface area contributed by atoms with E-state index in [0.29, 0.717) is 22.8 Å². The van der Waals surface area contributed by atoms with Crippen molar-refractivity contribution in [1.29, 1.82) is 5.26 Å². The molecule has 3 rings (SSSR count). The number of hydrogen-bond acceptors (Lipinski definition) is 6. The number of amides is 1. The van der Waals surface area contributed by atoms with Gasteiger partial charge >= 0.3 is 0 Å². The first-order chi connectivity index (χ1) is 12.2.